The summed E-state index contributed by atoms with van der Waals surface area (Å²) in [6, 6.07) is 7.57. The number of nitrogens with one attached hydrogen (secondary N) is 1. The zero-order valence-corrected chi connectivity index (χ0v) is 12.3. The number of ether oxygens (including phenoxy) is 1. The summed E-state index contributed by atoms with van der Waals surface area (Å²) in [6.45, 7) is 4.32. The van der Waals surface area contributed by atoms with Gasteiger partial charge in [0.1, 0.15) is 5.75 Å². The highest BCUT2D eigenvalue weighted by Gasteiger charge is 2.01. The molecule has 3 nitrogen and oxygen atoms in total. The van der Waals surface area contributed by atoms with E-state index in [-0.39, 0.29) is 5.91 Å². The maximum absolute atomic E-state index is 11.3. The Kier molecular flexibility index (Phi) is 6.83. The summed E-state index contributed by atoms with van der Waals surface area (Å²) in [6.07, 6.45) is 1.08. The van der Waals surface area contributed by atoms with Gasteiger partial charge in [0, 0.05) is 15.9 Å². The molecule has 0 saturated carbocycles. The number of hydrogen-bond acceptors (Lipinski definition) is 2. The van der Waals surface area contributed by atoms with Gasteiger partial charge in [0.25, 0.3) is 0 Å². The standard InChI is InChI=1S/C13H15BrClNO2/c1-10(15)9-16-13(17)3-2-8-18-12-6-4-11(14)5-7-12/h4-7H,1-3,8-9H2,(H,16,17). The first kappa shape index (κ1) is 15.1. The molecule has 0 unspecified atom stereocenters. The van der Waals surface area contributed by atoms with Crippen LogP contribution in [0.3, 0.4) is 0 Å². The maximum Gasteiger partial charge on any atom is 0.220 e. The average molecular weight is 333 g/mol. The lowest BCUT2D eigenvalue weighted by Crippen LogP contribution is -2.24. The molecule has 0 aromatic heterocycles. The van der Waals surface area contributed by atoms with Crippen molar-refractivity contribution >= 4 is 33.4 Å². The minimum atomic E-state index is -0.0452. The second-order valence-electron chi connectivity index (χ2n) is 3.70. The molecule has 1 aromatic carbocycles. The van der Waals surface area contributed by atoms with E-state index in [9.17, 15) is 4.79 Å². The molecule has 1 aromatic rings. The van der Waals surface area contributed by atoms with E-state index < -0.39 is 0 Å². The summed E-state index contributed by atoms with van der Waals surface area (Å²) >= 11 is 8.89. The van der Waals surface area contributed by atoms with Gasteiger partial charge in [-0.2, -0.15) is 0 Å². The van der Waals surface area contributed by atoms with E-state index in [1.165, 1.54) is 0 Å². The number of benzene rings is 1. The van der Waals surface area contributed by atoms with E-state index >= 15 is 0 Å². The SMILES string of the molecule is C=C(Cl)CNC(=O)CCCOc1ccc(Br)cc1. The van der Waals surface area contributed by atoms with Gasteiger partial charge >= 0.3 is 0 Å². The smallest absolute Gasteiger partial charge is 0.220 e. The number of carbonyl (C=O) groups is 1. The predicted octanol–water partition coefficient (Wildman–Crippen LogP) is 3.48. The molecular weight excluding hydrogens is 318 g/mol. The van der Waals surface area contributed by atoms with Gasteiger partial charge in [0.05, 0.1) is 13.2 Å². The second kappa shape index (κ2) is 8.16. The topological polar surface area (TPSA) is 38.3 Å². The summed E-state index contributed by atoms with van der Waals surface area (Å²) in [5, 5.41) is 3.08. The van der Waals surface area contributed by atoms with Crippen LogP contribution in [0.2, 0.25) is 0 Å². The first-order valence-electron chi connectivity index (χ1n) is 5.56. The molecule has 0 bridgehead atoms. The molecule has 0 aliphatic rings. The quantitative estimate of drug-likeness (QED) is 0.776. The van der Waals surface area contributed by atoms with E-state index in [2.05, 4.69) is 27.8 Å². The van der Waals surface area contributed by atoms with Crippen molar-refractivity contribution in [1.29, 1.82) is 0 Å². The van der Waals surface area contributed by atoms with Crippen LogP contribution in [0, 0.1) is 0 Å². The predicted molar refractivity (Wildman–Crippen MR) is 76.9 cm³/mol. The van der Waals surface area contributed by atoms with Crippen LogP contribution in [-0.2, 0) is 4.79 Å². The van der Waals surface area contributed by atoms with Crippen LogP contribution < -0.4 is 10.1 Å². The third-order valence-electron chi connectivity index (χ3n) is 2.11. The van der Waals surface area contributed by atoms with Crippen LogP contribution in [0.15, 0.2) is 40.3 Å². The van der Waals surface area contributed by atoms with Crippen molar-refractivity contribution < 1.29 is 9.53 Å². The fourth-order valence-electron chi connectivity index (χ4n) is 1.24. The van der Waals surface area contributed by atoms with Crippen molar-refractivity contribution in [1.82, 2.24) is 5.32 Å². The van der Waals surface area contributed by atoms with E-state index in [4.69, 9.17) is 16.3 Å². The zero-order chi connectivity index (χ0) is 13.4. The molecule has 0 atom stereocenters. The van der Waals surface area contributed by atoms with Crippen molar-refractivity contribution in [2.24, 2.45) is 0 Å². The highest BCUT2D eigenvalue weighted by Crippen LogP contribution is 2.16. The summed E-state index contributed by atoms with van der Waals surface area (Å²) in [5.41, 5.74) is 0. The molecule has 98 valence electrons. The monoisotopic (exact) mass is 331 g/mol. The first-order chi connectivity index (χ1) is 8.58. The highest BCUT2D eigenvalue weighted by molar-refractivity contribution is 9.10. The molecule has 1 rings (SSSR count). The van der Waals surface area contributed by atoms with E-state index in [1.54, 1.807) is 0 Å². The number of hydrogen-bond donors (Lipinski definition) is 1. The molecule has 0 aliphatic heterocycles. The van der Waals surface area contributed by atoms with Crippen LogP contribution in [0.25, 0.3) is 0 Å². The van der Waals surface area contributed by atoms with Crippen molar-refractivity contribution in [2.75, 3.05) is 13.2 Å². The summed E-state index contributed by atoms with van der Waals surface area (Å²) < 4.78 is 6.50. The molecule has 0 radical (unpaired) electrons. The molecule has 0 aliphatic carbocycles. The van der Waals surface area contributed by atoms with Gasteiger partial charge < -0.3 is 10.1 Å². The lowest BCUT2D eigenvalue weighted by atomic mass is 10.3. The average Bonchev–Trinajstić information content (AvgIpc) is 2.34. The number of halogens is 2. The molecule has 0 fully saturated rings. The van der Waals surface area contributed by atoms with Gasteiger partial charge in [0.2, 0.25) is 5.91 Å². The molecule has 0 heterocycles. The Labute approximate surface area is 120 Å². The number of rotatable bonds is 7. The number of carbonyl (C=O) groups excluding carboxylic acids is 1. The normalized spacial score (nSPS) is 9.89. The third kappa shape index (κ3) is 6.67. The van der Waals surface area contributed by atoms with Crippen LogP contribution in [0.1, 0.15) is 12.8 Å². The van der Waals surface area contributed by atoms with Gasteiger partial charge in [-0.05, 0) is 30.7 Å². The van der Waals surface area contributed by atoms with Gasteiger partial charge in [0.15, 0.2) is 0 Å². The van der Waals surface area contributed by atoms with Gasteiger partial charge in [-0.1, -0.05) is 34.1 Å². The summed E-state index contributed by atoms with van der Waals surface area (Å²) in [7, 11) is 0. The van der Waals surface area contributed by atoms with Crippen molar-refractivity contribution in [3.63, 3.8) is 0 Å². The fourth-order valence-corrected chi connectivity index (χ4v) is 1.57. The van der Waals surface area contributed by atoms with Crippen LogP contribution in [-0.4, -0.2) is 19.1 Å². The number of amides is 1. The Morgan fingerprint density at radius 3 is 2.67 bits per heavy atom. The lowest BCUT2D eigenvalue weighted by molar-refractivity contribution is -0.121. The Hall–Kier alpha value is -1.000. The van der Waals surface area contributed by atoms with Gasteiger partial charge in [-0.25, -0.2) is 0 Å². The second-order valence-corrected chi connectivity index (χ2v) is 5.15. The van der Waals surface area contributed by atoms with E-state index in [0.717, 1.165) is 10.2 Å². The summed E-state index contributed by atoms with van der Waals surface area (Å²) in [4.78, 5) is 11.3. The van der Waals surface area contributed by atoms with Crippen LogP contribution in [0.5, 0.6) is 5.75 Å². The zero-order valence-electron chi connectivity index (χ0n) is 9.92. The van der Waals surface area contributed by atoms with Crippen molar-refractivity contribution in [2.45, 2.75) is 12.8 Å². The molecule has 0 saturated heterocycles. The molecule has 1 amide bonds. The summed E-state index contributed by atoms with van der Waals surface area (Å²) in [5.74, 6) is 0.754. The molecule has 5 heteroatoms. The Bertz CT molecular complexity index is 406. The van der Waals surface area contributed by atoms with Crippen molar-refractivity contribution in [3.8, 4) is 5.75 Å². The van der Waals surface area contributed by atoms with Crippen molar-refractivity contribution in [3.05, 3.63) is 40.3 Å². The van der Waals surface area contributed by atoms with E-state index in [0.29, 0.717) is 31.0 Å². The Morgan fingerprint density at radius 2 is 2.06 bits per heavy atom. The highest BCUT2D eigenvalue weighted by atomic mass is 79.9. The Balaban J connectivity index is 2.13. The largest absolute Gasteiger partial charge is 0.494 e. The molecule has 18 heavy (non-hydrogen) atoms. The van der Waals surface area contributed by atoms with Gasteiger partial charge in [-0.3, -0.25) is 4.79 Å². The molecule has 0 spiro atoms. The first-order valence-corrected chi connectivity index (χ1v) is 6.73. The lowest BCUT2D eigenvalue weighted by Gasteiger charge is -2.06. The van der Waals surface area contributed by atoms with Gasteiger partial charge in [-0.15, -0.1) is 0 Å². The molecular formula is C13H15BrClNO2. The Morgan fingerprint density at radius 1 is 1.39 bits per heavy atom. The maximum atomic E-state index is 11.3. The van der Waals surface area contributed by atoms with Crippen LogP contribution >= 0.6 is 27.5 Å². The molecule has 1 N–H and O–H groups in total. The minimum Gasteiger partial charge on any atom is -0.494 e. The minimum absolute atomic E-state index is 0.0452. The fraction of sp³-hybridized carbons (Fsp3) is 0.308. The third-order valence-corrected chi connectivity index (χ3v) is 2.77. The van der Waals surface area contributed by atoms with Crippen LogP contribution in [0.4, 0.5) is 0 Å². The van der Waals surface area contributed by atoms with E-state index in [1.807, 2.05) is 24.3 Å².